The largest absolute Gasteiger partial charge is 0.384 e. The fourth-order valence-corrected chi connectivity index (χ4v) is 0.917. The molecule has 0 spiro atoms. The average Bonchev–Trinajstić information content (AvgIpc) is 2.22. The Hall–Kier alpha value is -2.10. The predicted octanol–water partition coefficient (Wildman–Crippen LogP) is 1.73. The summed E-state index contributed by atoms with van der Waals surface area (Å²) in [4.78, 5) is 15.1. The van der Waals surface area contributed by atoms with Crippen molar-refractivity contribution in [2.45, 2.75) is 6.92 Å². The van der Waals surface area contributed by atoms with Gasteiger partial charge in [-0.05, 0) is 19.1 Å². The van der Waals surface area contributed by atoms with Crippen molar-refractivity contribution in [2.24, 2.45) is 0 Å². The van der Waals surface area contributed by atoms with Gasteiger partial charge in [-0.15, -0.1) is 0 Å². The van der Waals surface area contributed by atoms with E-state index in [-0.39, 0.29) is 5.91 Å². The Bertz CT molecular complexity index is 379. The van der Waals surface area contributed by atoms with E-state index in [1.165, 1.54) is 12.3 Å². The molecule has 0 aliphatic rings. The molecule has 0 saturated carbocycles. The average molecular weight is 203 g/mol. The summed E-state index contributed by atoms with van der Waals surface area (Å²) in [6.07, 6.45) is 8.24. The normalized spacial score (nSPS) is 11.0. The minimum Gasteiger partial charge on any atom is -0.384 e. The van der Waals surface area contributed by atoms with E-state index >= 15 is 0 Å². The van der Waals surface area contributed by atoms with Gasteiger partial charge in [-0.1, -0.05) is 18.2 Å². The molecule has 3 N–H and O–H groups in total. The number of carbonyl (C=O) groups is 1. The Kier molecular flexibility index (Phi) is 4.09. The van der Waals surface area contributed by atoms with Crippen LogP contribution in [0.15, 0.2) is 42.6 Å². The lowest BCUT2D eigenvalue weighted by molar-refractivity contribution is -0.111. The van der Waals surface area contributed by atoms with Gasteiger partial charge in [0.2, 0.25) is 5.91 Å². The number of hydrogen-bond donors (Lipinski definition) is 2. The summed E-state index contributed by atoms with van der Waals surface area (Å²) >= 11 is 0. The molecule has 0 aromatic carbocycles. The van der Waals surface area contributed by atoms with Crippen molar-refractivity contribution in [3.63, 3.8) is 0 Å². The Morgan fingerprint density at radius 2 is 2.27 bits per heavy atom. The molecule has 0 atom stereocenters. The second kappa shape index (κ2) is 5.59. The van der Waals surface area contributed by atoms with Gasteiger partial charge < -0.3 is 11.1 Å². The number of nitrogens with one attached hydrogen (secondary N) is 1. The number of nitrogens with zero attached hydrogens (tertiary/aromatic N) is 1. The van der Waals surface area contributed by atoms with Crippen LogP contribution >= 0.6 is 0 Å². The van der Waals surface area contributed by atoms with Crippen molar-refractivity contribution in [2.75, 3.05) is 11.1 Å². The van der Waals surface area contributed by atoms with Gasteiger partial charge in [0.1, 0.15) is 5.82 Å². The monoisotopic (exact) mass is 203 g/mol. The maximum atomic E-state index is 11.3. The Morgan fingerprint density at radius 3 is 2.87 bits per heavy atom. The fraction of sp³-hybridized carbons (Fsp3) is 0.0909. The quantitative estimate of drug-likeness (QED) is 0.580. The molecule has 4 nitrogen and oxygen atoms in total. The van der Waals surface area contributed by atoms with Crippen LogP contribution in [0.1, 0.15) is 6.92 Å². The van der Waals surface area contributed by atoms with Gasteiger partial charge in [-0.25, -0.2) is 4.98 Å². The lowest BCUT2D eigenvalue weighted by Gasteiger charge is -2.00. The number of nitrogens with two attached hydrogens (primary N) is 1. The van der Waals surface area contributed by atoms with Crippen molar-refractivity contribution in [3.8, 4) is 0 Å². The molecule has 0 fully saturated rings. The van der Waals surface area contributed by atoms with Crippen LogP contribution in [-0.4, -0.2) is 10.9 Å². The Morgan fingerprint density at radius 1 is 1.47 bits per heavy atom. The molecule has 1 amide bonds. The molecule has 0 aliphatic heterocycles. The number of amides is 1. The van der Waals surface area contributed by atoms with E-state index in [0.717, 1.165) is 0 Å². The first-order valence-electron chi connectivity index (χ1n) is 4.54. The number of anilines is 2. The van der Waals surface area contributed by atoms with Gasteiger partial charge in [0.25, 0.3) is 0 Å². The molecule has 4 heteroatoms. The van der Waals surface area contributed by atoms with Crippen LogP contribution in [0.4, 0.5) is 11.5 Å². The van der Waals surface area contributed by atoms with Crippen LogP contribution in [0.25, 0.3) is 0 Å². The van der Waals surface area contributed by atoms with E-state index in [4.69, 9.17) is 5.73 Å². The highest BCUT2D eigenvalue weighted by Gasteiger charge is 1.96. The third-order valence-electron chi connectivity index (χ3n) is 1.61. The number of rotatable bonds is 3. The maximum absolute atomic E-state index is 11.3. The second-order valence-corrected chi connectivity index (χ2v) is 2.85. The number of allylic oxidation sites excluding steroid dienone is 3. The topological polar surface area (TPSA) is 68.0 Å². The first-order chi connectivity index (χ1) is 7.22. The summed E-state index contributed by atoms with van der Waals surface area (Å²) in [5.41, 5.74) is 6.03. The lowest BCUT2D eigenvalue weighted by atomic mass is 10.3. The smallest absolute Gasteiger partial charge is 0.248 e. The Labute approximate surface area is 88.5 Å². The highest BCUT2D eigenvalue weighted by molar-refractivity contribution is 5.99. The van der Waals surface area contributed by atoms with Gasteiger partial charge >= 0.3 is 0 Å². The summed E-state index contributed by atoms with van der Waals surface area (Å²) in [6.45, 7) is 1.88. The van der Waals surface area contributed by atoms with Crippen molar-refractivity contribution >= 4 is 17.4 Å². The van der Waals surface area contributed by atoms with Crippen LogP contribution in [0, 0.1) is 0 Å². The van der Waals surface area contributed by atoms with Gasteiger partial charge in [0.15, 0.2) is 0 Å². The van der Waals surface area contributed by atoms with Crippen molar-refractivity contribution < 1.29 is 4.79 Å². The van der Waals surface area contributed by atoms with Crippen LogP contribution in [0.5, 0.6) is 0 Å². The number of hydrogen-bond acceptors (Lipinski definition) is 3. The molecule has 0 aliphatic carbocycles. The number of aromatic nitrogens is 1. The molecule has 78 valence electrons. The zero-order valence-electron chi connectivity index (χ0n) is 8.47. The minimum absolute atomic E-state index is 0.195. The van der Waals surface area contributed by atoms with Gasteiger partial charge in [0, 0.05) is 6.08 Å². The SMILES string of the molecule is CC=CC=CC(=O)Nc1ccc(N)nc1. The lowest BCUT2D eigenvalue weighted by Crippen LogP contribution is -2.08. The third kappa shape index (κ3) is 4.08. The summed E-state index contributed by atoms with van der Waals surface area (Å²) in [6, 6.07) is 3.33. The number of nitrogen functional groups attached to an aromatic ring is 1. The molecular formula is C11H13N3O. The van der Waals surface area contributed by atoms with Crippen LogP contribution in [0.2, 0.25) is 0 Å². The molecule has 1 heterocycles. The van der Waals surface area contributed by atoms with Gasteiger partial charge in [0.05, 0.1) is 11.9 Å². The van der Waals surface area contributed by atoms with E-state index in [0.29, 0.717) is 11.5 Å². The van der Waals surface area contributed by atoms with E-state index in [9.17, 15) is 4.79 Å². The zero-order valence-corrected chi connectivity index (χ0v) is 8.47. The summed E-state index contributed by atoms with van der Waals surface area (Å²) in [5, 5.41) is 2.65. The second-order valence-electron chi connectivity index (χ2n) is 2.85. The van der Waals surface area contributed by atoms with Crippen LogP contribution in [-0.2, 0) is 4.79 Å². The Balaban J connectivity index is 2.55. The molecular weight excluding hydrogens is 190 g/mol. The van der Waals surface area contributed by atoms with Gasteiger partial charge in [-0.3, -0.25) is 4.79 Å². The maximum Gasteiger partial charge on any atom is 0.248 e. The van der Waals surface area contributed by atoms with Crippen LogP contribution in [0.3, 0.4) is 0 Å². The summed E-state index contributed by atoms with van der Waals surface area (Å²) < 4.78 is 0. The molecule has 1 aromatic heterocycles. The summed E-state index contributed by atoms with van der Waals surface area (Å²) in [7, 11) is 0. The number of carbonyl (C=O) groups excluding carboxylic acids is 1. The van der Waals surface area contributed by atoms with Crippen molar-refractivity contribution in [1.82, 2.24) is 4.98 Å². The molecule has 1 aromatic rings. The van der Waals surface area contributed by atoms with E-state index in [2.05, 4.69) is 10.3 Å². The summed E-state index contributed by atoms with van der Waals surface area (Å²) in [5.74, 6) is 0.233. The van der Waals surface area contributed by atoms with Crippen molar-refractivity contribution in [1.29, 1.82) is 0 Å². The molecule has 0 saturated heterocycles. The van der Waals surface area contributed by atoms with Crippen molar-refractivity contribution in [3.05, 3.63) is 42.6 Å². The molecule has 0 bridgehead atoms. The van der Waals surface area contributed by atoms with Crippen LogP contribution < -0.4 is 11.1 Å². The molecule has 1 rings (SSSR count). The molecule has 0 unspecified atom stereocenters. The fourth-order valence-electron chi connectivity index (χ4n) is 0.917. The third-order valence-corrected chi connectivity index (χ3v) is 1.61. The standard InChI is InChI=1S/C11H13N3O/c1-2-3-4-5-11(15)14-9-6-7-10(12)13-8-9/h2-8H,1H3,(H2,12,13)(H,14,15). The highest BCUT2D eigenvalue weighted by atomic mass is 16.1. The van der Waals surface area contributed by atoms with Gasteiger partial charge in [-0.2, -0.15) is 0 Å². The molecule has 0 radical (unpaired) electrons. The zero-order chi connectivity index (χ0) is 11.1. The predicted molar refractivity (Wildman–Crippen MR) is 61.2 cm³/mol. The minimum atomic E-state index is -0.195. The van der Waals surface area contributed by atoms with E-state index in [1.807, 2.05) is 13.0 Å². The highest BCUT2D eigenvalue weighted by Crippen LogP contribution is 2.06. The molecule has 15 heavy (non-hydrogen) atoms. The van der Waals surface area contributed by atoms with E-state index in [1.54, 1.807) is 24.3 Å². The first-order valence-corrected chi connectivity index (χ1v) is 4.54. The number of pyridine rings is 1. The first kappa shape index (κ1) is 11.0. The van der Waals surface area contributed by atoms with E-state index < -0.39 is 0 Å².